The second kappa shape index (κ2) is 7.59. The molecule has 1 aliphatic heterocycles. The fraction of sp³-hybridized carbons (Fsp3) is 1.00. The van der Waals surface area contributed by atoms with E-state index in [1.807, 2.05) is 0 Å². The molecule has 0 spiro atoms. The summed E-state index contributed by atoms with van der Waals surface area (Å²) < 4.78 is 47.7. The van der Waals surface area contributed by atoms with Crippen molar-refractivity contribution in [3.05, 3.63) is 0 Å². The Hall–Kier alpha value is 0.110. The van der Waals surface area contributed by atoms with Gasteiger partial charge in [0.15, 0.2) is 0 Å². The van der Waals surface area contributed by atoms with E-state index in [2.05, 4.69) is 5.32 Å². The van der Waals surface area contributed by atoms with E-state index in [0.717, 1.165) is 31.6 Å². The summed E-state index contributed by atoms with van der Waals surface area (Å²) in [5.41, 5.74) is 0. The quantitative estimate of drug-likeness (QED) is 0.703. The van der Waals surface area contributed by atoms with Crippen LogP contribution in [0.15, 0.2) is 0 Å². The van der Waals surface area contributed by atoms with Crippen LogP contribution in [0.25, 0.3) is 0 Å². The summed E-state index contributed by atoms with van der Waals surface area (Å²) in [7, 11) is -6.67. The Morgan fingerprint density at radius 2 is 1.57 bits per heavy atom. The van der Waals surface area contributed by atoms with Gasteiger partial charge in [-0.1, -0.05) is 0 Å². The minimum atomic E-state index is -3.43. The third-order valence-corrected chi connectivity index (χ3v) is 7.03. The SMILES string of the molecule is CS(=O)(=O)CCS(=O)(=O)N1CCC(NCC2CC2)CC1.Cl. The highest BCUT2D eigenvalue weighted by atomic mass is 35.5. The third-order valence-electron chi connectivity index (χ3n) is 3.95. The molecule has 0 aromatic carbocycles. The first-order chi connectivity index (χ1) is 9.26. The lowest BCUT2D eigenvalue weighted by Gasteiger charge is -2.31. The Labute approximate surface area is 134 Å². The van der Waals surface area contributed by atoms with Crippen molar-refractivity contribution in [2.75, 3.05) is 37.4 Å². The van der Waals surface area contributed by atoms with Gasteiger partial charge >= 0.3 is 0 Å². The van der Waals surface area contributed by atoms with Gasteiger partial charge in [-0.05, 0) is 38.1 Å². The van der Waals surface area contributed by atoms with E-state index in [-0.39, 0.29) is 23.9 Å². The van der Waals surface area contributed by atoms with Crippen LogP contribution in [0, 0.1) is 5.92 Å². The molecule has 0 atom stereocenters. The van der Waals surface area contributed by atoms with E-state index in [4.69, 9.17) is 0 Å². The van der Waals surface area contributed by atoms with Crippen LogP contribution in [0.3, 0.4) is 0 Å². The van der Waals surface area contributed by atoms with Crippen LogP contribution in [0.1, 0.15) is 25.7 Å². The second-order valence-corrected chi connectivity index (χ2v) is 10.3. The van der Waals surface area contributed by atoms with Gasteiger partial charge in [0.05, 0.1) is 11.5 Å². The second-order valence-electron chi connectivity index (χ2n) is 5.97. The highest BCUT2D eigenvalue weighted by molar-refractivity contribution is 7.93. The number of piperidine rings is 1. The molecule has 1 N–H and O–H groups in total. The summed E-state index contributed by atoms with van der Waals surface area (Å²) in [6.45, 7) is 2.04. The van der Waals surface area contributed by atoms with E-state index in [1.54, 1.807) is 0 Å². The fourth-order valence-electron chi connectivity index (χ4n) is 2.38. The molecule has 6 nitrogen and oxygen atoms in total. The maximum Gasteiger partial charge on any atom is 0.215 e. The van der Waals surface area contributed by atoms with Gasteiger partial charge in [-0.3, -0.25) is 0 Å². The zero-order chi connectivity index (χ0) is 14.8. The van der Waals surface area contributed by atoms with Gasteiger partial charge in [0.1, 0.15) is 9.84 Å². The molecular formula is C12H25ClN2O4S2. The van der Waals surface area contributed by atoms with Gasteiger partial charge in [-0.2, -0.15) is 0 Å². The molecule has 2 aliphatic rings. The number of nitrogens with one attached hydrogen (secondary N) is 1. The molecule has 21 heavy (non-hydrogen) atoms. The first kappa shape index (κ1) is 19.2. The third kappa shape index (κ3) is 6.81. The summed E-state index contributed by atoms with van der Waals surface area (Å²) in [5.74, 6) is 0.229. The van der Waals surface area contributed by atoms with Crippen LogP contribution in [-0.4, -0.2) is 64.6 Å². The lowest BCUT2D eigenvalue weighted by atomic mass is 10.1. The smallest absolute Gasteiger partial charge is 0.215 e. The van der Waals surface area contributed by atoms with E-state index >= 15 is 0 Å². The zero-order valence-electron chi connectivity index (χ0n) is 12.3. The number of nitrogens with zero attached hydrogens (tertiary/aromatic N) is 1. The average molecular weight is 361 g/mol. The number of halogens is 1. The Morgan fingerprint density at radius 3 is 2.05 bits per heavy atom. The summed E-state index contributed by atoms with van der Waals surface area (Å²) in [5, 5.41) is 3.49. The molecule has 0 amide bonds. The maximum absolute atomic E-state index is 12.1. The average Bonchev–Trinajstić information content (AvgIpc) is 3.18. The zero-order valence-corrected chi connectivity index (χ0v) is 14.8. The van der Waals surface area contributed by atoms with Crippen LogP contribution >= 0.6 is 12.4 Å². The highest BCUT2D eigenvalue weighted by Crippen LogP contribution is 2.28. The van der Waals surface area contributed by atoms with Crippen LogP contribution in [0.2, 0.25) is 0 Å². The molecule has 2 fully saturated rings. The molecule has 0 aromatic rings. The normalized spacial score (nSPS) is 22.0. The fourth-order valence-corrected chi connectivity index (χ4v) is 5.46. The Bertz CT molecular complexity index is 523. The molecule has 1 saturated carbocycles. The van der Waals surface area contributed by atoms with Crippen molar-refractivity contribution in [1.82, 2.24) is 9.62 Å². The van der Waals surface area contributed by atoms with Crippen LogP contribution in [0.5, 0.6) is 0 Å². The summed E-state index contributed by atoms with van der Waals surface area (Å²) in [4.78, 5) is 0. The van der Waals surface area contributed by atoms with Crippen LogP contribution in [-0.2, 0) is 19.9 Å². The number of hydrogen-bond donors (Lipinski definition) is 1. The van der Waals surface area contributed by atoms with E-state index < -0.39 is 19.9 Å². The van der Waals surface area contributed by atoms with Crippen molar-refractivity contribution in [2.24, 2.45) is 5.92 Å². The molecule has 126 valence electrons. The molecule has 2 rings (SSSR count). The molecule has 9 heteroatoms. The molecule has 0 aromatic heterocycles. The van der Waals surface area contributed by atoms with Crippen LogP contribution < -0.4 is 5.32 Å². The molecular weight excluding hydrogens is 336 g/mol. The van der Waals surface area contributed by atoms with Gasteiger partial charge in [0.25, 0.3) is 0 Å². The Morgan fingerprint density at radius 1 is 1.00 bits per heavy atom. The predicted molar refractivity (Wildman–Crippen MR) is 86.1 cm³/mol. The topological polar surface area (TPSA) is 83.5 Å². The van der Waals surface area contributed by atoms with Crippen molar-refractivity contribution in [2.45, 2.75) is 31.7 Å². The summed E-state index contributed by atoms with van der Waals surface area (Å²) in [6, 6.07) is 0.400. The molecule has 0 bridgehead atoms. The van der Waals surface area contributed by atoms with E-state index in [9.17, 15) is 16.8 Å². The number of hydrogen-bond acceptors (Lipinski definition) is 5. The Kier molecular flexibility index (Phi) is 6.92. The van der Waals surface area contributed by atoms with Gasteiger partial charge in [0, 0.05) is 25.4 Å². The first-order valence-corrected chi connectivity index (χ1v) is 10.8. The number of sulfonamides is 1. The lowest BCUT2D eigenvalue weighted by Crippen LogP contribution is -2.46. The maximum atomic E-state index is 12.1. The van der Waals surface area contributed by atoms with E-state index in [1.165, 1.54) is 17.1 Å². The van der Waals surface area contributed by atoms with Gasteiger partial charge in [-0.15, -0.1) is 12.4 Å². The summed E-state index contributed by atoms with van der Waals surface area (Å²) in [6.07, 6.45) is 5.31. The first-order valence-electron chi connectivity index (χ1n) is 7.15. The van der Waals surface area contributed by atoms with Crippen LogP contribution in [0.4, 0.5) is 0 Å². The van der Waals surface area contributed by atoms with Crippen molar-refractivity contribution in [3.63, 3.8) is 0 Å². The molecule has 1 heterocycles. The van der Waals surface area contributed by atoms with Gasteiger partial charge in [-0.25, -0.2) is 21.1 Å². The lowest BCUT2D eigenvalue weighted by molar-refractivity contribution is 0.288. The molecule has 0 unspecified atom stereocenters. The minimum Gasteiger partial charge on any atom is -0.314 e. The summed E-state index contributed by atoms with van der Waals surface area (Å²) >= 11 is 0. The largest absolute Gasteiger partial charge is 0.314 e. The number of rotatable bonds is 7. The molecule has 1 saturated heterocycles. The van der Waals surface area contributed by atoms with Crippen molar-refractivity contribution >= 4 is 32.3 Å². The van der Waals surface area contributed by atoms with Gasteiger partial charge < -0.3 is 5.32 Å². The van der Waals surface area contributed by atoms with Crippen molar-refractivity contribution < 1.29 is 16.8 Å². The Balaban J connectivity index is 0.00000220. The monoisotopic (exact) mass is 360 g/mol. The van der Waals surface area contributed by atoms with Gasteiger partial charge in [0.2, 0.25) is 10.0 Å². The van der Waals surface area contributed by atoms with Crippen molar-refractivity contribution in [3.8, 4) is 0 Å². The predicted octanol–water partition coefficient (Wildman–Crippen LogP) is 0.247. The molecule has 1 aliphatic carbocycles. The van der Waals surface area contributed by atoms with Crippen molar-refractivity contribution in [1.29, 1.82) is 0 Å². The standard InChI is InChI=1S/C12H24N2O4S2.ClH/c1-19(15,16)8-9-20(17,18)14-6-4-12(5-7-14)13-10-11-2-3-11;/h11-13H,2-10H2,1H3;1H. The minimum absolute atomic E-state index is 0. The highest BCUT2D eigenvalue weighted by Gasteiger charge is 2.29. The number of sulfone groups is 1. The van der Waals surface area contributed by atoms with E-state index in [0.29, 0.717) is 19.1 Å². The molecule has 0 radical (unpaired) electrons.